The summed E-state index contributed by atoms with van der Waals surface area (Å²) in [5.41, 5.74) is 1.04. The molecule has 86 valence electrons. The minimum atomic E-state index is -1.03. The number of anilines is 1. The Morgan fingerprint density at radius 2 is 2.18 bits per heavy atom. The molecule has 0 saturated carbocycles. The predicted molar refractivity (Wildman–Crippen MR) is 62.8 cm³/mol. The molecule has 0 bridgehead atoms. The van der Waals surface area contributed by atoms with Crippen molar-refractivity contribution in [1.82, 2.24) is 9.97 Å². The smallest absolute Gasteiger partial charge is 0.354 e. The number of hydrogen-bond donors (Lipinski definition) is 2. The lowest BCUT2D eigenvalue weighted by molar-refractivity contribution is 0.0690. The summed E-state index contributed by atoms with van der Waals surface area (Å²) in [7, 11) is 0. The second kappa shape index (κ2) is 5.07. The number of aromatic carboxylic acids is 1. The van der Waals surface area contributed by atoms with Gasteiger partial charge in [0.1, 0.15) is 5.82 Å². The summed E-state index contributed by atoms with van der Waals surface area (Å²) in [5.74, 6) is -0.496. The number of hydrogen-bond acceptors (Lipinski definition) is 4. The van der Waals surface area contributed by atoms with Gasteiger partial charge in [0.2, 0.25) is 0 Å². The average Bonchev–Trinajstić information content (AvgIpc) is 2.38. The van der Waals surface area contributed by atoms with Crippen molar-refractivity contribution in [2.45, 2.75) is 6.54 Å². The SMILES string of the molecule is O=C(O)c1cccc(NCc2cccnc2)n1. The van der Waals surface area contributed by atoms with Crippen LogP contribution in [0.4, 0.5) is 5.82 Å². The number of carbonyl (C=O) groups is 1. The number of rotatable bonds is 4. The van der Waals surface area contributed by atoms with Gasteiger partial charge in [-0.1, -0.05) is 12.1 Å². The van der Waals surface area contributed by atoms with Crippen molar-refractivity contribution in [1.29, 1.82) is 0 Å². The lowest BCUT2D eigenvalue weighted by Gasteiger charge is -2.05. The van der Waals surface area contributed by atoms with Crippen molar-refractivity contribution in [3.63, 3.8) is 0 Å². The third-order valence-corrected chi connectivity index (χ3v) is 2.16. The van der Waals surface area contributed by atoms with Crippen LogP contribution in [0.3, 0.4) is 0 Å². The number of carboxylic acid groups (broad SMARTS) is 1. The van der Waals surface area contributed by atoms with Gasteiger partial charge >= 0.3 is 5.97 Å². The maximum Gasteiger partial charge on any atom is 0.354 e. The van der Waals surface area contributed by atoms with Crippen LogP contribution in [0.25, 0.3) is 0 Å². The lowest BCUT2D eigenvalue weighted by Crippen LogP contribution is -2.05. The number of aromatic nitrogens is 2. The Kier molecular flexibility index (Phi) is 3.30. The van der Waals surface area contributed by atoms with Crippen molar-refractivity contribution >= 4 is 11.8 Å². The Balaban J connectivity index is 2.04. The van der Waals surface area contributed by atoms with Crippen LogP contribution in [0, 0.1) is 0 Å². The summed E-state index contributed by atoms with van der Waals surface area (Å²) in [5, 5.41) is 11.8. The molecule has 0 aliphatic rings. The first-order valence-corrected chi connectivity index (χ1v) is 5.09. The molecule has 2 heterocycles. The minimum absolute atomic E-state index is 0.0289. The molecule has 0 unspecified atom stereocenters. The van der Waals surface area contributed by atoms with Crippen LogP contribution in [-0.2, 0) is 6.54 Å². The fourth-order valence-corrected chi connectivity index (χ4v) is 1.35. The van der Waals surface area contributed by atoms with Gasteiger partial charge in [0.05, 0.1) is 0 Å². The molecular weight excluding hydrogens is 218 g/mol. The van der Waals surface area contributed by atoms with E-state index in [9.17, 15) is 4.79 Å². The van der Waals surface area contributed by atoms with E-state index < -0.39 is 5.97 Å². The second-order valence-corrected chi connectivity index (χ2v) is 3.43. The minimum Gasteiger partial charge on any atom is -0.477 e. The van der Waals surface area contributed by atoms with Gasteiger partial charge < -0.3 is 10.4 Å². The highest BCUT2D eigenvalue weighted by molar-refractivity contribution is 5.85. The van der Waals surface area contributed by atoms with E-state index in [-0.39, 0.29) is 5.69 Å². The predicted octanol–water partition coefficient (Wildman–Crippen LogP) is 1.79. The molecule has 2 aromatic heterocycles. The molecule has 17 heavy (non-hydrogen) atoms. The van der Waals surface area contributed by atoms with Gasteiger partial charge in [-0.2, -0.15) is 0 Å². The van der Waals surface area contributed by atoms with Gasteiger partial charge in [-0.3, -0.25) is 4.98 Å². The molecule has 2 N–H and O–H groups in total. The molecule has 0 aromatic carbocycles. The highest BCUT2D eigenvalue weighted by Crippen LogP contribution is 2.07. The third kappa shape index (κ3) is 3.01. The fourth-order valence-electron chi connectivity index (χ4n) is 1.35. The molecule has 2 aromatic rings. The molecule has 0 radical (unpaired) electrons. The standard InChI is InChI=1S/C12H11N3O2/c16-12(17)10-4-1-5-11(15-10)14-8-9-3-2-6-13-7-9/h1-7H,8H2,(H,14,15)(H,16,17). The Labute approximate surface area is 98.2 Å². The number of carboxylic acids is 1. The van der Waals surface area contributed by atoms with E-state index in [1.165, 1.54) is 6.07 Å². The molecule has 0 atom stereocenters. The van der Waals surface area contributed by atoms with Crippen LogP contribution in [0.2, 0.25) is 0 Å². The van der Waals surface area contributed by atoms with Crippen LogP contribution in [0.5, 0.6) is 0 Å². The highest BCUT2D eigenvalue weighted by atomic mass is 16.4. The zero-order chi connectivity index (χ0) is 12.1. The van der Waals surface area contributed by atoms with Gasteiger partial charge in [0.25, 0.3) is 0 Å². The van der Waals surface area contributed by atoms with Crippen LogP contribution in [0.15, 0.2) is 42.7 Å². The molecular formula is C12H11N3O2. The molecule has 2 rings (SSSR count). The number of nitrogens with one attached hydrogen (secondary N) is 1. The number of pyridine rings is 2. The lowest BCUT2D eigenvalue weighted by atomic mass is 10.3. The fraction of sp³-hybridized carbons (Fsp3) is 0.0833. The van der Waals surface area contributed by atoms with Crippen molar-refractivity contribution in [3.05, 3.63) is 54.0 Å². The highest BCUT2D eigenvalue weighted by Gasteiger charge is 2.04. The Hall–Kier alpha value is -2.43. The first-order chi connectivity index (χ1) is 8.25. The second-order valence-electron chi connectivity index (χ2n) is 3.43. The molecule has 5 nitrogen and oxygen atoms in total. The molecule has 0 fully saturated rings. The van der Waals surface area contributed by atoms with Gasteiger partial charge in [0, 0.05) is 18.9 Å². The van der Waals surface area contributed by atoms with Crippen LogP contribution in [0.1, 0.15) is 16.1 Å². The first-order valence-electron chi connectivity index (χ1n) is 5.09. The van der Waals surface area contributed by atoms with Crippen molar-refractivity contribution < 1.29 is 9.90 Å². The van der Waals surface area contributed by atoms with E-state index in [0.717, 1.165) is 5.56 Å². The molecule has 5 heteroatoms. The quantitative estimate of drug-likeness (QED) is 0.835. The van der Waals surface area contributed by atoms with Crippen molar-refractivity contribution in [2.75, 3.05) is 5.32 Å². The van der Waals surface area contributed by atoms with E-state index in [4.69, 9.17) is 5.11 Å². The van der Waals surface area contributed by atoms with E-state index in [1.807, 2.05) is 12.1 Å². The summed E-state index contributed by atoms with van der Waals surface area (Å²) in [6.45, 7) is 0.559. The molecule has 0 spiro atoms. The average molecular weight is 229 g/mol. The molecule has 0 saturated heterocycles. The van der Waals surface area contributed by atoms with Crippen LogP contribution in [-0.4, -0.2) is 21.0 Å². The summed E-state index contributed by atoms with van der Waals surface area (Å²) in [6.07, 6.45) is 3.45. The van der Waals surface area contributed by atoms with Crippen molar-refractivity contribution in [2.24, 2.45) is 0 Å². The van der Waals surface area contributed by atoms with Gasteiger partial charge in [0.15, 0.2) is 5.69 Å². The van der Waals surface area contributed by atoms with Gasteiger partial charge in [-0.05, 0) is 23.8 Å². The monoisotopic (exact) mass is 229 g/mol. The number of nitrogens with zero attached hydrogens (tertiary/aromatic N) is 2. The summed E-state index contributed by atoms with van der Waals surface area (Å²) in [4.78, 5) is 18.7. The molecule has 0 aliphatic carbocycles. The van der Waals surface area contributed by atoms with Crippen LogP contribution < -0.4 is 5.32 Å². The Morgan fingerprint density at radius 1 is 1.29 bits per heavy atom. The Morgan fingerprint density at radius 3 is 2.88 bits per heavy atom. The summed E-state index contributed by atoms with van der Waals surface area (Å²) < 4.78 is 0. The zero-order valence-electron chi connectivity index (χ0n) is 9.00. The van der Waals surface area contributed by atoms with E-state index in [0.29, 0.717) is 12.4 Å². The van der Waals surface area contributed by atoms with E-state index in [2.05, 4.69) is 15.3 Å². The first kappa shape index (κ1) is 11.1. The Bertz CT molecular complexity index is 514. The topological polar surface area (TPSA) is 75.1 Å². The van der Waals surface area contributed by atoms with E-state index in [1.54, 1.807) is 24.5 Å². The maximum atomic E-state index is 10.7. The van der Waals surface area contributed by atoms with Crippen LogP contribution >= 0.6 is 0 Å². The van der Waals surface area contributed by atoms with Gasteiger partial charge in [-0.25, -0.2) is 9.78 Å². The maximum absolute atomic E-state index is 10.7. The van der Waals surface area contributed by atoms with Crippen molar-refractivity contribution in [3.8, 4) is 0 Å². The van der Waals surface area contributed by atoms with E-state index >= 15 is 0 Å². The largest absolute Gasteiger partial charge is 0.477 e. The summed E-state index contributed by atoms with van der Waals surface area (Å²) >= 11 is 0. The third-order valence-electron chi connectivity index (χ3n) is 2.16. The normalized spacial score (nSPS) is 9.88. The molecule has 0 aliphatic heterocycles. The van der Waals surface area contributed by atoms with Gasteiger partial charge in [-0.15, -0.1) is 0 Å². The zero-order valence-corrected chi connectivity index (χ0v) is 9.00. The summed E-state index contributed by atoms with van der Waals surface area (Å²) in [6, 6.07) is 8.61. The molecule has 0 amide bonds.